The fourth-order valence-corrected chi connectivity index (χ4v) is 3.58. The molecular formula is C21H21N3O5. The van der Waals surface area contributed by atoms with E-state index in [1.807, 2.05) is 6.07 Å². The predicted molar refractivity (Wildman–Crippen MR) is 109 cm³/mol. The molecule has 150 valence electrons. The molecule has 3 aromatic rings. The van der Waals surface area contributed by atoms with E-state index in [-0.39, 0.29) is 22.6 Å². The number of fused-ring (bicyclic) bond motifs is 1. The Hall–Kier alpha value is -3.55. The summed E-state index contributed by atoms with van der Waals surface area (Å²) in [5, 5.41) is 10.8. The molecule has 0 saturated carbocycles. The van der Waals surface area contributed by atoms with Gasteiger partial charge in [-0.15, -0.1) is 0 Å². The highest BCUT2D eigenvalue weighted by Crippen LogP contribution is 2.37. The number of methoxy groups -OCH3 is 2. The van der Waals surface area contributed by atoms with Crippen LogP contribution in [0.15, 0.2) is 35.4 Å². The van der Waals surface area contributed by atoms with Gasteiger partial charge in [-0.05, 0) is 30.2 Å². The molecule has 0 amide bonds. The quantitative estimate of drug-likeness (QED) is 0.709. The van der Waals surface area contributed by atoms with Crippen LogP contribution in [-0.2, 0) is 7.05 Å². The predicted octanol–water partition coefficient (Wildman–Crippen LogP) is 2.53. The molecule has 1 aliphatic heterocycles. The molecule has 0 atom stereocenters. The second-order valence-electron chi connectivity index (χ2n) is 6.95. The van der Waals surface area contributed by atoms with Gasteiger partial charge < -0.3 is 24.0 Å². The largest absolute Gasteiger partial charge is 0.496 e. The van der Waals surface area contributed by atoms with Crippen molar-refractivity contribution in [2.45, 2.75) is 6.42 Å². The second kappa shape index (κ2) is 7.12. The molecule has 4 rings (SSSR count). The molecule has 1 aliphatic rings. The van der Waals surface area contributed by atoms with Gasteiger partial charge in [0.25, 0.3) is 5.56 Å². The third kappa shape index (κ3) is 3.06. The van der Waals surface area contributed by atoms with Gasteiger partial charge in [0, 0.05) is 43.5 Å². The molecule has 0 radical (unpaired) electrons. The minimum Gasteiger partial charge on any atom is -0.496 e. The Morgan fingerprint density at radius 3 is 2.28 bits per heavy atom. The van der Waals surface area contributed by atoms with E-state index in [2.05, 4.69) is 9.88 Å². The van der Waals surface area contributed by atoms with Crippen LogP contribution < -0.4 is 19.9 Å². The van der Waals surface area contributed by atoms with E-state index >= 15 is 0 Å². The van der Waals surface area contributed by atoms with Crippen LogP contribution in [0.5, 0.6) is 11.5 Å². The summed E-state index contributed by atoms with van der Waals surface area (Å²) in [6.45, 7) is 1.88. The summed E-state index contributed by atoms with van der Waals surface area (Å²) in [4.78, 5) is 30.9. The number of hydrogen-bond donors (Lipinski definition) is 1. The Balaban J connectivity index is 2.01. The molecule has 1 saturated heterocycles. The van der Waals surface area contributed by atoms with Crippen molar-refractivity contribution >= 4 is 22.6 Å². The maximum Gasteiger partial charge on any atom is 0.343 e. The van der Waals surface area contributed by atoms with Crippen LogP contribution in [0.2, 0.25) is 0 Å². The fraction of sp³-hybridized carbons (Fsp3) is 0.286. The van der Waals surface area contributed by atoms with Crippen molar-refractivity contribution in [1.82, 2.24) is 9.55 Å². The highest BCUT2D eigenvalue weighted by Gasteiger charge is 2.22. The van der Waals surface area contributed by atoms with Crippen molar-refractivity contribution in [3.8, 4) is 22.6 Å². The van der Waals surface area contributed by atoms with E-state index in [4.69, 9.17) is 9.47 Å². The molecule has 1 aromatic carbocycles. The Morgan fingerprint density at radius 1 is 1.10 bits per heavy atom. The van der Waals surface area contributed by atoms with Crippen molar-refractivity contribution in [2.75, 3.05) is 32.2 Å². The number of carboxylic acid groups (broad SMARTS) is 1. The Kier molecular flexibility index (Phi) is 4.62. The number of benzene rings is 1. The number of nitrogens with zero attached hydrogens (tertiary/aromatic N) is 3. The molecule has 1 fully saturated rings. The lowest BCUT2D eigenvalue weighted by Crippen LogP contribution is -2.37. The van der Waals surface area contributed by atoms with Gasteiger partial charge in [-0.1, -0.05) is 0 Å². The van der Waals surface area contributed by atoms with Crippen molar-refractivity contribution in [3.05, 3.63) is 46.5 Å². The number of aromatic carboxylic acids is 1. The first-order chi connectivity index (χ1) is 13.9. The van der Waals surface area contributed by atoms with E-state index in [0.29, 0.717) is 10.9 Å². The normalized spacial score (nSPS) is 13.3. The van der Waals surface area contributed by atoms with Crippen LogP contribution in [0.4, 0.5) is 5.82 Å². The molecule has 1 N–H and O–H groups in total. The van der Waals surface area contributed by atoms with Crippen molar-refractivity contribution < 1.29 is 19.4 Å². The van der Waals surface area contributed by atoms with Gasteiger partial charge in [0.1, 0.15) is 22.9 Å². The van der Waals surface area contributed by atoms with Crippen LogP contribution in [0.25, 0.3) is 21.9 Å². The zero-order chi connectivity index (χ0) is 20.7. The molecule has 3 heterocycles. The van der Waals surface area contributed by atoms with Gasteiger partial charge in [0.05, 0.1) is 19.6 Å². The Morgan fingerprint density at radius 2 is 1.76 bits per heavy atom. The summed E-state index contributed by atoms with van der Waals surface area (Å²) in [6, 6.07) is 5.21. The first kappa shape index (κ1) is 18.8. The molecule has 8 nitrogen and oxygen atoms in total. The number of aromatic nitrogens is 2. The van der Waals surface area contributed by atoms with Crippen LogP contribution in [0.1, 0.15) is 16.8 Å². The minimum atomic E-state index is -1.14. The van der Waals surface area contributed by atoms with Crippen molar-refractivity contribution in [2.24, 2.45) is 7.05 Å². The molecule has 8 heteroatoms. The zero-order valence-corrected chi connectivity index (χ0v) is 16.4. The fourth-order valence-electron chi connectivity index (χ4n) is 3.58. The van der Waals surface area contributed by atoms with E-state index in [1.165, 1.54) is 18.8 Å². The SMILES string of the molecule is COc1cc(-c2cn(C)c(=O)c3cnc(N4CCC4)cc23)cc(OC)c1C(=O)O. The Bertz CT molecular complexity index is 1160. The van der Waals surface area contributed by atoms with Gasteiger partial charge in [-0.2, -0.15) is 0 Å². The average Bonchev–Trinajstić information content (AvgIpc) is 2.68. The maximum absolute atomic E-state index is 12.6. The van der Waals surface area contributed by atoms with Crippen LogP contribution >= 0.6 is 0 Å². The summed E-state index contributed by atoms with van der Waals surface area (Å²) in [7, 11) is 4.50. The third-order valence-electron chi connectivity index (χ3n) is 5.26. The van der Waals surface area contributed by atoms with E-state index in [9.17, 15) is 14.7 Å². The highest BCUT2D eigenvalue weighted by molar-refractivity contribution is 6.00. The number of aryl methyl sites for hydroxylation is 1. The summed E-state index contributed by atoms with van der Waals surface area (Å²) in [6.07, 6.45) is 4.46. The number of ether oxygens (including phenoxy) is 2. The number of carboxylic acids is 1. The van der Waals surface area contributed by atoms with Crippen LogP contribution in [-0.4, -0.2) is 47.9 Å². The van der Waals surface area contributed by atoms with Crippen LogP contribution in [0, 0.1) is 0 Å². The van der Waals surface area contributed by atoms with Crippen molar-refractivity contribution in [1.29, 1.82) is 0 Å². The van der Waals surface area contributed by atoms with Crippen molar-refractivity contribution in [3.63, 3.8) is 0 Å². The van der Waals surface area contributed by atoms with Gasteiger partial charge in [-0.25, -0.2) is 9.78 Å². The lowest BCUT2D eigenvalue weighted by molar-refractivity contribution is 0.0689. The summed E-state index contributed by atoms with van der Waals surface area (Å²) in [5.74, 6) is 0.0518. The van der Waals surface area contributed by atoms with Gasteiger partial charge in [0.2, 0.25) is 0 Å². The van der Waals surface area contributed by atoms with Gasteiger partial charge >= 0.3 is 5.97 Å². The van der Waals surface area contributed by atoms with Gasteiger partial charge in [0.15, 0.2) is 0 Å². The number of anilines is 1. The minimum absolute atomic E-state index is 0.0455. The standard InChI is InChI=1S/C21H21N3O5/c1-23-11-15(12-7-16(28-2)19(21(26)27)17(8-12)29-3)13-9-18(24-5-4-6-24)22-10-14(13)20(23)25/h7-11H,4-6H2,1-3H3,(H,26,27). The van der Waals surface area contributed by atoms with E-state index < -0.39 is 5.97 Å². The molecule has 2 aromatic heterocycles. The molecule has 0 unspecified atom stereocenters. The third-order valence-corrected chi connectivity index (χ3v) is 5.26. The number of rotatable bonds is 5. The lowest BCUT2D eigenvalue weighted by Gasteiger charge is -2.32. The molecule has 0 spiro atoms. The number of carbonyl (C=O) groups is 1. The summed E-state index contributed by atoms with van der Waals surface area (Å²) in [5.41, 5.74) is 1.26. The first-order valence-corrected chi connectivity index (χ1v) is 9.18. The summed E-state index contributed by atoms with van der Waals surface area (Å²) >= 11 is 0. The van der Waals surface area contributed by atoms with E-state index in [1.54, 1.807) is 31.6 Å². The van der Waals surface area contributed by atoms with Crippen LogP contribution in [0.3, 0.4) is 0 Å². The highest BCUT2D eigenvalue weighted by atomic mass is 16.5. The Labute approximate surface area is 166 Å². The number of hydrogen-bond acceptors (Lipinski definition) is 6. The monoisotopic (exact) mass is 395 g/mol. The molecule has 0 bridgehead atoms. The summed E-state index contributed by atoms with van der Waals surface area (Å²) < 4.78 is 12.1. The van der Waals surface area contributed by atoms with Gasteiger partial charge in [-0.3, -0.25) is 4.79 Å². The topological polar surface area (TPSA) is 93.9 Å². The van der Waals surface area contributed by atoms with E-state index in [0.717, 1.165) is 36.3 Å². The first-order valence-electron chi connectivity index (χ1n) is 9.18. The zero-order valence-electron chi connectivity index (χ0n) is 16.4. The molecule has 0 aliphatic carbocycles. The lowest BCUT2D eigenvalue weighted by atomic mass is 9.98. The molecular weight excluding hydrogens is 374 g/mol. The maximum atomic E-state index is 12.6. The second-order valence-corrected chi connectivity index (χ2v) is 6.95. The molecule has 29 heavy (non-hydrogen) atoms. The average molecular weight is 395 g/mol. The smallest absolute Gasteiger partial charge is 0.343 e. The number of pyridine rings is 2.